The highest BCUT2D eigenvalue weighted by Gasteiger charge is 2.25. The number of furan rings is 2. The zero-order valence-corrected chi connectivity index (χ0v) is 77.7. The third-order valence-corrected chi connectivity index (χ3v) is 28.8. The van der Waals surface area contributed by atoms with E-state index in [1.807, 2.05) is 145 Å². The third-order valence-electron chi connectivity index (χ3n) is 27.6. The minimum absolute atomic E-state index is 0.640. The van der Waals surface area contributed by atoms with Crippen molar-refractivity contribution in [3.63, 3.8) is 0 Å². The van der Waals surface area contributed by atoms with Crippen LogP contribution in [0.5, 0.6) is 0 Å². The van der Waals surface area contributed by atoms with Gasteiger partial charge in [-0.25, -0.2) is 44.9 Å². The van der Waals surface area contributed by atoms with Gasteiger partial charge in [-0.3, -0.25) is 0 Å². The molecular weight excluding hydrogens is 1760 g/mol. The minimum atomic E-state index is 0.640. The lowest BCUT2D eigenvalue weighted by molar-refractivity contribution is 0.672. The van der Waals surface area contributed by atoms with Crippen molar-refractivity contribution in [3.8, 4) is 136 Å². The maximum absolute atomic E-state index is 6.42. The molecule has 666 valence electrons. The Morgan fingerprint density at radius 3 is 0.755 bits per heavy atom. The molecule has 0 amide bonds. The van der Waals surface area contributed by atoms with Crippen molar-refractivity contribution in [2.24, 2.45) is 0 Å². The van der Waals surface area contributed by atoms with Gasteiger partial charge in [-0.05, 0) is 164 Å². The number of nitrogens with zero attached hydrogens (tertiary/aromatic N) is 9. The van der Waals surface area contributed by atoms with E-state index in [0.29, 0.717) is 52.4 Å². The molecule has 12 heteroatoms. The van der Waals surface area contributed by atoms with Gasteiger partial charge in [0.05, 0.1) is 0 Å². The van der Waals surface area contributed by atoms with Crippen molar-refractivity contribution in [1.29, 1.82) is 0 Å². The number of hydrogen-bond acceptors (Lipinski definition) is 12. The molecule has 0 saturated carbocycles. The fraction of sp³-hybridized carbons (Fsp3) is 0. The molecule has 29 aromatic rings. The summed E-state index contributed by atoms with van der Waals surface area (Å²) in [4.78, 5) is 45.4. The first kappa shape index (κ1) is 83.4. The lowest BCUT2D eigenvalue weighted by Crippen LogP contribution is -2.01. The summed E-state index contributed by atoms with van der Waals surface area (Å²) in [5.74, 6) is 5.84. The van der Waals surface area contributed by atoms with Crippen LogP contribution in [0, 0.1) is 0 Å². The van der Waals surface area contributed by atoms with Gasteiger partial charge in [0.1, 0.15) is 22.3 Å². The van der Waals surface area contributed by atoms with Crippen LogP contribution in [-0.4, -0.2) is 44.9 Å². The molecule has 143 heavy (non-hydrogen) atoms. The number of hydrogen-bond donors (Lipinski definition) is 0. The predicted octanol–water partition coefficient (Wildman–Crippen LogP) is 35.0. The van der Waals surface area contributed by atoms with Gasteiger partial charge in [-0.1, -0.05) is 419 Å². The minimum Gasteiger partial charge on any atom is -0.455 e. The number of para-hydroxylation sites is 2. The van der Waals surface area contributed by atoms with Crippen molar-refractivity contribution in [2.45, 2.75) is 0 Å². The Morgan fingerprint density at radius 2 is 0.378 bits per heavy atom. The van der Waals surface area contributed by atoms with Gasteiger partial charge >= 0.3 is 0 Å². The predicted molar refractivity (Wildman–Crippen MR) is 592 cm³/mol. The zero-order chi connectivity index (χ0) is 94.4. The normalized spacial score (nSPS) is 11.6. The van der Waals surface area contributed by atoms with E-state index in [4.69, 9.17) is 53.7 Å². The standard InChI is InChI=1S/C45H27N3O.C45H27N3S.C41H25N3O/c2*1-2-12-29(13-3-1)43-46-44(31-22-21-28-11-4-5-14-30(28)27-31)48-45(47-43)40-26-24-35(32-15-6-7-16-34(32)40)33-18-10-19-38-36(33)23-25-39-37-17-8-9-20-41(37)49-42(38)39;1-3-12-26(13-4-1)39-42-40(27-14-5-2-6-15-27)44-41(43-39)36-25-23-31(28-16-7-8-17-30(28)36)29-19-11-20-34-32(29)22-24-35-33-18-9-10-21-37(33)45-38(34)35/h2*1-27H;1-25H. The Bertz CT molecular complexity index is 9700. The van der Waals surface area contributed by atoms with E-state index in [9.17, 15) is 0 Å². The molecule has 11 nitrogen and oxygen atoms in total. The molecule has 6 heterocycles. The van der Waals surface area contributed by atoms with Gasteiger partial charge < -0.3 is 8.83 Å². The van der Waals surface area contributed by atoms with Crippen molar-refractivity contribution in [3.05, 3.63) is 479 Å². The van der Waals surface area contributed by atoms with Crippen LogP contribution in [0.15, 0.2) is 488 Å². The second-order valence-electron chi connectivity index (χ2n) is 35.9. The van der Waals surface area contributed by atoms with Gasteiger partial charge in [-0.15, -0.1) is 11.3 Å². The van der Waals surface area contributed by atoms with Gasteiger partial charge in [-0.2, -0.15) is 0 Å². The highest BCUT2D eigenvalue weighted by Crippen LogP contribution is 2.48. The van der Waals surface area contributed by atoms with Gasteiger partial charge in [0.2, 0.25) is 0 Å². The molecule has 0 spiro atoms. The lowest BCUT2D eigenvalue weighted by atomic mass is 9.91. The Kier molecular flexibility index (Phi) is 20.5. The molecular formula is C131H79N9O2S. The molecule has 0 N–H and O–H groups in total. The molecule has 0 aliphatic rings. The number of benzene rings is 23. The quantitative estimate of drug-likeness (QED) is 0.115. The van der Waals surface area contributed by atoms with E-state index < -0.39 is 0 Å². The van der Waals surface area contributed by atoms with Gasteiger partial charge in [0, 0.05) is 108 Å². The second kappa shape index (κ2) is 35.2. The molecule has 0 saturated heterocycles. The van der Waals surface area contributed by atoms with Crippen LogP contribution >= 0.6 is 11.3 Å². The summed E-state index contributed by atoms with van der Waals surface area (Å²) in [6, 6.07) is 167. The van der Waals surface area contributed by atoms with Crippen LogP contribution in [0.1, 0.15) is 0 Å². The number of rotatable bonds is 12. The van der Waals surface area contributed by atoms with Crippen molar-refractivity contribution in [1.82, 2.24) is 44.9 Å². The van der Waals surface area contributed by atoms with Crippen LogP contribution in [0.3, 0.4) is 0 Å². The molecule has 23 aromatic carbocycles. The Labute approximate surface area is 824 Å². The molecule has 0 radical (unpaired) electrons. The summed E-state index contributed by atoms with van der Waals surface area (Å²) in [6.07, 6.45) is 0. The van der Waals surface area contributed by atoms with Crippen LogP contribution < -0.4 is 0 Å². The summed E-state index contributed by atoms with van der Waals surface area (Å²) in [6.45, 7) is 0. The Morgan fingerprint density at radius 1 is 0.140 bits per heavy atom. The summed E-state index contributed by atoms with van der Waals surface area (Å²) in [7, 11) is 0. The van der Waals surface area contributed by atoms with Crippen LogP contribution in [0.2, 0.25) is 0 Å². The van der Waals surface area contributed by atoms with E-state index in [1.54, 1.807) is 0 Å². The Hall–Kier alpha value is -19.0. The highest BCUT2D eigenvalue weighted by atomic mass is 32.1. The van der Waals surface area contributed by atoms with Crippen molar-refractivity contribution >= 4 is 162 Å². The summed E-state index contributed by atoms with van der Waals surface area (Å²) in [5.41, 5.74) is 19.3. The van der Waals surface area contributed by atoms with E-state index in [1.165, 1.54) is 52.8 Å². The van der Waals surface area contributed by atoms with Gasteiger partial charge in [0.25, 0.3) is 0 Å². The molecule has 29 rings (SSSR count). The first-order valence-corrected chi connectivity index (χ1v) is 48.7. The molecule has 0 unspecified atom stereocenters. The Balaban J connectivity index is 0.000000107. The fourth-order valence-corrected chi connectivity index (χ4v) is 22.0. The van der Waals surface area contributed by atoms with Gasteiger partial charge in [0.15, 0.2) is 52.4 Å². The second-order valence-corrected chi connectivity index (χ2v) is 37.0. The van der Waals surface area contributed by atoms with E-state index >= 15 is 0 Å². The molecule has 0 bridgehead atoms. The van der Waals surface area contributed by atoms with Crippen LogP contribution in [0.4, 0.5) is 0 Å². The first-order valence-electron chi connectivity index (χ1n) is 47.9. The summed E-state index contributed by atoms with van der Waals surface area (Å²) < 4.78 is 15.5. The lowest BCUT2D eigenvalue weighted by Gasteiger charge is -2.14. The van der Waals surface area contributed by atoms with Crippen molar-refractivity contribution < 1.29 is 8.83 Å². The summed E-state index contributed by atoms with van der Waals surface area (Å²) >= 11 is 1.88. The maximum Gasteiger partial charge on any atom is 0.164 e. The molecule has 0 atom stereocenters. The maximum atomic E-state index is 6.42. The van der Waals surface area contributed by atoms with Crippen LogP contribution in [0.25, 0.3) is 286 Å². The number of fused-ring (bicyclic) bond motifs is 20. The SMILES string of the molecule is c1ccc(-c2nc(-c3ccc4ccccc4c3)nc(-c3ccc(-c4cccc5c4ccc4c6ccccc6oc54)c4ccccc34)n2)cc1.c1ccc(-c2nc(-c3ccc4ccccc4c3)nc(-c3ccc(-c4cccc5c4ccc4c6ccccc6sc54)c4ccccc34)n2)cc1.c1ccc(-c2nc(-c3ccccc3)nc(-c3ccc(-c4cccc5c4ccc4c6ccccc6oc54)c4ccccc34)n2)cc1. The first-order chi connectivity index (χ1) is 70.9. The van der Waals surface area contributed by atoms with E-state index in [-0.39, 0.29) is 0 Å². The third kappa shape index (κ3) is 15.0. The van der Waals surface area contributed by atoms with Crippen LogP contribution in [-0.2, 0) is 0 Å². The average molecular weight is 1840 g/mol. The largest absolute Gasteiger partial charge is 0.455 e. The smallest absolute Gasteiger partial charge is 0.164 e. The molecule has 0 aliphatic carbocycles. The fourth-order valence-electron chi connectivity index (χ4n) is 20.8. The monoisotopic (exact) mass is 1840 g/mol. The summed E-state index contributed by atoms with van der Waals surface area (Å²) in [5, 5.41) is 25.6. The van der Waals surface area contributed by atoms with E-state index in [0.717, 1.165) is 181 Å². The average Bonchev–Trinajstić information content (AvgIpc) is 1.64. The van der Waals surface area contributed by atoms with Crippen molar-refractivity contribution in [2.75, 3.05) is 0 Å². The van der Waals surface area contributed by atoms with E-state index in [2.05, 4.69) is 346 Å². The molecule has 0 aliphatic heterocycles. The number of aromatic nitrogens is 9. The highest BCUT2D eigenvalue weighted by molar-refractivity contribution is 7.26. The number of thiophene rings is 1. The molecule has 6 aromatic heterocycles. The molecule has 0 fully saturated rings. The topological polar surface area (TPSA) is 142 Å². The zero-order valence-electron chi connectivity index (χ0n) is 76.9.